The summed E-state index contributed by atoms with van der Waals surface area (Å²) in [5.74, 6) is 0. The Morgan fingerprint density at radius 2 is 1.89 bits per heavy atom. The van der Waals surface area contributed by atoms with E-state index in [1.807, 2.05) is 30.5 Å². The fourth-order valence-corrected chi connectivity index (χ4v) is 2.36. The molecule has 0 unspecified atom stereocenters. The molecule has 0 saturated heterocycles. The highest BCUT2D eigenvalue weighted by molar-refractivity contribution is 6.31. The first kappa shape index (κ1) is 12.1. The van der Waals surface area contributed by atoms with E-state index in [4.69, 9.17) is 11.6 Å². The van der Waals surface area contributed by atoms with Gasteiger partial charge in [0.15, 0.2) is 0 Å². The molecule has 0 aliphatic carbocycles. The summed E-state index contributed by atoms with van der Waals surface area (Å²) in [6.07, 6.45) is 2.80. The molecule has 1 aromatic heterocycles. The number of aromatic nitrogens is 2. The maximum Gasteiger partial charge on any atom is 0.0902 e. The van der Waals surface area contributed by atoms with Gasteiger partial charge in [-0.05, 0) is 30.2 Å². The highest BCUT2D eigenvalue weighted by atomic mass is 35.5. The molecule has 3 heteroatoms. The van der Waals surface area contributed by atoms with Crippen LogP contribution >= 0.6 is 11.6 Å². The zero-order chi connectivity index (χ0) is 13.2. The molecule has 19 heavy (non-hydrogen) atoms. The average molecular weight is 269 g/mol. The van der Waals surface area contributed by atoms with Crippen LogP contribution in [-0.2, 0) is 6.42 Å². The number of nitrogens with zero attached hydrogens (tertiary/aromatic N) is 2. The van der Waals surface area contributed by atoms with Crippen molar-refractivity contribution in [1.29, 1.82) is 0 Å². The molecule has 0 spiro atoms. The van der Waals surface area contributed by atoms with Crippen molar-refractivity contribution in [3.63, 3.8) is 0 Å². The average Bonchev–Trinajstić information content (AvgIpc) is 2.46. The number of halogens is 1. The number of benzene rings is 2. The molecule has 0 N–H and O–H groups in total. The van der Waals surface area contributed by atoms with Gasteiger partial charge in [0.2, 0.25) is 0 Å². The van der Waals surface area contributed by atoms with Gasteiger partial charge in [-0.1, -0.05) is 42.8 Å². The molecule has 94 valence electrons. The second-order valence-corrected chi connectivity index (χ2v) is 4.84. The highest BCUT2D eigenvalue weighted by Crippen LogP contribution is 2.24. The van der Waals surface area contributed by atoms with Crippen LogP contribution in [0.25, 0.3) is 22.3 Å². The standard InChI is InChI=1S/C16H13ClN2/c1-2-11-5-3-4-6-13(11)16-10-18-15-9-12(17)7-8-14(15)19-16/h3-10H,2H2,1H3. The van der Waals surface area contributed by atoms with Gasteiger partial charge in [0.05, 0.1) is 22.9 Å². The first-order chi connectivity index (χ1) is 9.28. The number of rotatable bonds is 2. The monoisotopic (exact) mass is 268 g/mol. The third kappa shape index (κ3) is 2.32. The maximum absolute atomic E-state index is 5.96. The van der Waals surface area contributed by atoms with E-state index in [1.54, 1.807) is 0 Å². The molecular weight excluding hydrogens is 256 g/mol. The van der Waals surface area contributed by atoms with Crippen molar-refractivity contribution < 1.29 is 0 Å². The lowest BCUT2D eigenvalue weighted by atomic mass is 10.0. The summed E-state index contributed by atoms with van der Waals surface area (Å²) in [5.41, 5.74) is 5.03. The van der Waals surface area contributed by atoms with E-state index < -0.39 is 0 Å². The van der Waals surface area contributed by atoms with Crippen LogP contribution in [0.15, 0.2) is 48.7 Å². The van der Waals surface area contributed by atoms with Crippen LogP contribution in [0, 0.1) is 0 Å². The highest BCUT2D eigenvalue weighted by Gasteiger charge is 2.06. The summed E-state index contributed by atoms with van der Waals surface area (Å²) in [4.78, 5) is 9.12. The quantitative estimate of drug-likeness (QED) is 0.683. The summed E-state index contributed by atoms with van der Waals surface area (Å²) >= 11 is 5.96. The minimum atomic E-state index is 0.684. The zero-order valence-electron chi connectivity index (χ0n) is 10.6. The molecule has 0 aliphatic heterocycles. The van der Waals surface area contributed by atoms with E-state index in [1.165, 1.54) is 5.56 Å². The summed E-state index contributed by atoms with van der Waals surface area (Å²) in [7, 11) is 0. The second-order valence-electron chi connectivity index (χ2n) is 4.40. The smallest absolute Gasteiger partial charge is 0.0902 e. The van der Waals surface area contributed by atoms with Crippen molar-refractivity contribution in [3.8, 4) is 11.3 Å². The Kier molecular flexibility index (Phi) is 3.18. The second kappa shape index (κ2) is 4.98. The Morgan fingerprint density at radius 1 is 1.05 bits per heavy atom. The van der Waals surface area contributed by atoms with Crippen molar-refractivity contribution in [1.82, 2.24) is 9.97 Å². The van der Waals surface area contributed by atoms with Crippen LogP contribution in [-0.4, -0.2) is 9.97 Å². The first-order valence-electron chi connectivity index (χ1n) is 6.28. The Bertz CT molecular complexity index is 738. The van der Waals surface area contributed by atoms with Crippen LogP contribution < -0.4 is 0 Å². The maximum atomic E-state index is 5.96. The molecule has 0 bridgehead atoms. The van der Waals surface area contributed by atoms with Crippen molar-refractivity contribution in [2.24, 2.45) is 0 Å². The molecule has 0 fully saturated rings. The van der Waals surface area contributed by atoms with E-state index in [9.17, 15) is 0 Å². The largest absolute Gasteiger partial charge is 0.252 e. The SMILES string of the molecule is CCc1ccccc1-c1cnc2cc(Cl)ccc2n1. The van der Waals surface area contributed by atoms with Crippen molar-refractivity contribution in [2.75, 3.05) is 0 Å². The minimum Gasteiger partial charge on any atom is -0.252 e. The van der Waals surface area contributed by atoms with Gasteiger partial charge in [-0.25, -0.2) is 4.98 Å². The molecule has 3 rings (SSSR count). The molecular formula is C16H13ClN2. The summed E-state index contributed by atoms with van der Waals surface area (Å²) in [6, 6.07) is 13.9. The van der Waals surface area contributed by atoms with Crippen LogP contribution in [0.1, 0.15) is 12.5 Å². The molecule has 2 nitrogen and oxygen atoms in total. The molecule has 0 aliphatic rings. The summed E-state index contributed by atoms with van der Waals surface area (Å²) in [5, 5.41) is 0.684. The third-order valence-electron chi connectivity index (χ3n) is 3.18. The van der Waals surface area contributed by atoms with Gasteiger partial charge in [0.25, 0.3) is 0 Å². The van der Waals surface area contributed by atoms with Gasteiger partial charge in [-0.2, -0.15) is 0 Å². The lowest BCUT2D eigenvalue weighted by Gasteiger charge is -2.07. The minimum absolute atomic E-state index is 0.684. The molecule has 0 saturated carbocycles. The molecule has 3 aromatic rings. The van der Waals surface area contributed by atoms with Gasteiger partial charge in [0, 0.05) is 10.6 Å². The van der Waals surface area contributed by atoms with Crippen molar-refractivity contribution in [3.05, 3.63) is 59.2 Å². The molecule has 1 heterocycles. The fourth-order valence-electron chi connectivity index (χ4n) is 2.19. The topological polar surface area (TPSA) is 25.8 Å². The van der Waals surface area contributed by atoms with Crippen LogP contribution in [0.4, 0.5) is 0 Å². The predicted molar refractivity (Wildman–Crippen MR) is 79.4 cm³/mol. The number of hydrogen-bond acceptors (Lipinski definition) is 2. The molecule has 2 aromatic carbocycles. The normalized spacial score (nSPS) is 10.8. The Balaban J connectivity index is 2.18. The van der Waals surface area contributed by atoms with Gasteiger partial charge >= 0.3 is 0 Å². The fraction of sp³-hybridized carbons (Fsp3) is 0.125. The summed E-state index contributed by atoms with van der Waals surface area (Å²) in [6.45, 7) is 2.15. The first-order valence-corrected chi connectivity index (χ1v) is 6.66. The van der Waals surface area contributed by atoms with Gasteiger partial charge in [-0.3, -0.25) is 4.98 Å². The van der Waals surface area contributed by atoms with Crippen LogP contribution in [0.3, 0.4) is 0 Å². The Hall–Kier alpha value is -1.93. The Morgan fingerprint density at radius 3 is 2.74 bits per heavy atom. The predicted octanol–water partition coefficient (Wildman–Crippen LogP) is 4.51. The number of aryl methyl sites for hydroxylation is 1. The zero-order valence-corrected chi connectivity index (χ0v) is 11.4. The van der Waals surface area contributed by atoms with Crippen LogP contribution in [0.5, 0.6) is 0 Å². The number of hydrogen-bond donors (Lipinski definition) is 0. The van der Waals surface area contributed by atoms with Gasteiger partial charge < -0.3 is 0 Å². The Labute approximate surface area is 117 Å². The lowest BCUT2D eigenvalue weighted by Crippen LogP contribution is -1.92. The van der Waals surface area contributed by atoms with E-state index in [0.717, 1.165) is 28.7 Å². The molecule has 0 atom stereocenters. The third-order valence-corrected chi connectivity index (χ3v) is 3.41. The number of fused-ring (bicyclic) bond motifs is 1. The van der Waals surface area contributed by atoms with E-state index >= 15 is 0 Å². The van der Waals surface area contributed by atoms with Gasteiger partial charge in [-0.15, -0.1) is 0 Å². The molecule has 0 radical (unpaired) electrons. The van der Waals surface area contributed by atoms with E-state index in [-0.39, 0.29) is 0 Å². The van der Waals surface area contributed by atoms with Crippen LogP contribution in [0.2, 0.25) is 5.02 Å². The lowest BCUT2D eigenvalue weighted by molar-refractivity contribution is 1.13. The van der Waals surface area contributed by atoms with Crippen molar-refractivity contribution in [2.45, 2.75) is 13.3 Å². The van der Waals surface area contributed by atoms with Crippen molar-refractivity contribution >= 4 is 22.6 Å². The van der Waals surface area contributed by atoms with Gasteiger partial charge in [0.1, 0.15) is 0 Å². The van der Waals surface area contributed by atoms with E-state index in [2.05, 4.69) is 35.1 Å². The van der Waals surface area contributed by atoms with E-state index in [0.29, 0.717) is 5.02 Å². The molecule has 0 amide bonds. The summed E-state index contributed by atoms with van der Waals surface area (Å²) < 4.78 is 0.